The summed E-state index contributed by atoms with van der Waals surface area (Å²) >= 11 is 1.76. The summed E-state index contributed by atoms with van der Waals surface area (Å²) in [5.74, 6) is -0.847. The normalized spacial score (nSPS) is 11.7. The van der Waals surface area contributed by atoms with Crippen molar-refractivity contribution in [2.45, 2.75) is 31.4 Å². The topological polar surface area (TPSA) is 78.4 Å². The quantitative estimate of drug-likeness (QED) is 0.690. The van der Waals surface area contributed by atoms with Crippen LogP contribution in [-0.4, -0.2) is 35.2 Å². The van der Waals surface area contributed by atoms with E-state index in [0.29, 0.717) is 23.9 Å². The molecule has 116 valence electrons. The molecule has 0 aliphatic carbocycles. The molecule has 0 heterocycles. The molecule has 1 unspecified atom stereocenters. The average Bonchev–Trinajstić information content (AvgIpc) is 2.46. The zero-order valence-electron chi connectivity index (χ0n) is 12.4. The van der Waals surface area contributed by atoms with Crippen LogP contribution in [0.15, 0.2) is 24.3 Å². The second-order valence-corrected chi connectivity index (χ2v) is 6.04. The molecule has 2 amide bonds. The lowest BCUT2D eigenvalue weighted by molar-refractivity contribution is -0.136. The number of benzene rings is 1. The Morgan fingerprint density at radius 3 is 2.71 bits per heavy atom. The molecule has 0 aliphatic rings. The minimum absolute atomic E-state index is 0.0472. The third-order valence-electron chi connectivity index (χ3n) is 3.11. The molecular weight excluding hydrogens is 288 g/mol. The fourth-order valence-corrected chi connectivity index (χ4v) is 2.13. The Morgan fingerprint density at radius 2 is 2.05 bits per heavy atom. The van der Waals surface area contributed by atoms with Gasteiger partial charge < -0.3 is 15.7 Å². The van der Waals surface area contributed by atoms with Crippen molar-refractivity contribution in [1.29, 1.82) is 0 Å². The molecule has 0 radical (unpaired) electrons. The number of nitrogens with one attached hydrogen (secondary N) is 2. The number of carboxylic acid groups (broad SMARTS) is 1. The molecule has 0 spiro atoms. The molecule has 1 atom stereocenters. The Bertz CT molecular complexity index is 480. The van der Waals surface area contributed by atoms with Gasteiger partial charge in [-0.3, -0.25) is 4.79 Å². The van der Waals surface area contributed by atoms with E-state index in [-0.39, 0.29) is 12.5 Å². The fraction of sp³-hybridized carbons (Fsp3) is 0.467. The number of thioether (sulfide) groups is 1. The summed E-state index contributed by atoms with van der Waals surface area (Å²) in [6.07, 6.45) is 3.40. The van der Waals surface area contributed by atoms with Crippen molar-refractivity contribution in [3.63, 3.8) is 0 Å². The van der Waals surface area contributed by atoms with Crippen molar-refractivity contribution in [2.24, 2.45) is 0 Å². The Labute approximate surface area is 129 Å². The second kappa shape index (κ2) is 9.28. The fourth-order valence-electron chi connectivity index (χ4n) is 1.78. The molecule has 1 aromatic rings. The predicted molar refractivity (Wildman–Crippen MR) is 87.0 cm³/mol. The molecule has 0 fully saturated rings. The van der Waals surface area contributed by atoms with Crippen LogP contribution in [0.5, 0.6) is 0 Å². The monoisotopic (exact) mass is 310 g/mol. The highest BCUT2D eigenvalue weighted by Crippen LogP contribution is 2.16. The van der Waals surface area contributed by atoms with E-state index in [2.05, 4.69) is 17.6 Å². The van der Waals surface area contributed by atoms with E-state index in [1.807, 2.05) is 24.5 Å². The van der Waals surface area contributed by atoms with Crippen LogP contribution in [0.3, 0.4) is 0 Å². The molecule has 1 rings (SSSR count). The van der Waals surface area contributed by atoms with Crippen LogP contribution in [0.4, 0.5) is 10.5 Å². The van der Waals surface area contributed by atoms with Gasteiger partial charge in [-0.2, -0.15) is 11.8 Å². The summed E-state index contributed by atoms with van der Waals surface area (Å²) in [6, 6.07) is 7.00. The van der Waals surface area contributed by atoms with Gasteiger partial charge in [0, 0.05) is 23.9 Å². The Morgan fingerprint density at radius 1 is 1.33 bits per heavy atom. The van der Waals surface area contributed by atoms with E-state index in [9.17, 15) is 9.59 Å². The summed E-state index contributed by atoms with van der Waals surface area (Å²) in [6.45, 7) is 2.73. The number of anilines is 1. The number of aliphatic carboxylic acids is 1. The van der Waals surface area contributed by atoms with Crippen molar-refractivity contribution in [1.82, 2.24) is 5.32 Å². The first-order valence-corrected chi connectivity index (χ1v) is 8.19. The summed E-state index contributed by atoms with van der Waals surface area (Å²) in [7, 11) is 0. The summed E-state index contributed by atoms with van der Waals surface area (Å²) < 4.78 is 0. The molecule has 0 saturated heterocycles. The van der Waals surface area contributed by atoms with Gasteiger partial charge in [-0.1, -0.05) is 25.1 Å². The van der Waals surface area contributed by atoms with E-state index in [1.54, 1.807) is 17.8 Å². The Balaban J connectivity index is 2.49. The maximum absolute atomic E-state index is 11.8. The molecule has 5 nitrogen and oxygen atoms in total. The minimum atomic E-state index is -0.847. The van der Waals surface area contributed by atoms with E-state index in [0.717, 1.165) is 12.0 Å². The molecule has 0 aromatic heterocycles. The van der Waals surface area contributed by atoms with Crippen LogP contribution in [0, 0.1) is 0 Å². The molecule has 6 heteroatoms. The Kier molecular flexibility index (Phi) is 7.68. The summed E-state index contributed by atoms with van der Waals surface area (Å²) in [4.78, 5) is 22.5. The zero-order chi connectivity index (χ0) is 15.7. The number of urea groups is 1. The van der Waals surface area contributed by atoms with Crippen LogP contribution in [0.25, 0.3) is 0 Å². The Hall–Kier alpha value is -1.69. The first-order valence-electron chi connectivity index (χ1n) is 6.90. The number of amides is 2. The maximum atomic E-state index is 11.8. The van der Waals surface area contributed by atoms with Gasteiger partial charge in [-0.05, 0) is 30.7 Å². The van der Waals surface area contributed by atoms with Gasteiger partial charge in [0.15, 0.2) is 0 Å². The van der Waals surface area contributed by atoms with Gasteiger partial charge in [0.1, 0.15) is 0 Å². The van der Waals surface area contributed by atoms with E-state index in [4.69, 9.17) is 5.11 Å². The number of para-hydroxylation sites is 1. The third-order valence-corrected chi connectivity index (χ3v) is 4.15. The van der Waals surface area contributed by atoms with E-state index >= 15 is 0 Å². The molecular formula is C15H22N2O3S. The van der Waals surface area contributed by atoms with Crippen LogP contribution in [0.2, 0.25) is 0 Å². The van der Waals surface area contributed by atoms with Crippen molar-refractivity contribution in [2.75, 3.05) is 18.1 Å². The number of carbonyl (C=O) groups is 2. The first-order chi connectivity index (χ1) is 10.0. The van der Waals surface area contributed by atoms with E-state index in [1.165, 1.54) is 0 Å². The first kappa shape index (κ1) is 17.4. The number of aryl methyl sites for hydroxylation is 1. The smallest absolute Gasteiger partial charge is 0.319 e. The summed E-state index contributed by atoms with van der Waals surface area (Å²) in [5, 5.41) is 14.8. The van der Waals surface area contributed by atoms with Gasteiger partial charge in [0.05, 0.1) is 0 Å². The number of carboxylic acids is 1. The second-order valence-electron chi connectivity index (χ2n) is 4.77. The lowest BCUT2D eigenvalue weighted by atomic mass is 10.1. The molecule has 3 N–H and O–H groups in total. The van der Waals surface area contributed by atoms with Gasteiger partial charge in [-0.15, -0.1) is 0 Å². The van der Waals surface area contributed by atoms with Crippen LogP contribution in [0.1, 0.15) is 25.3 Å². The number of rotatable bonds is 8. The highest BCUT2D eigenvalue weighted by atomic mass is 32.2. The lowest BCUT2D eigenvalue weighted by Crippen LogP contribution is -2.30. The van der Waals surface area contributed by atoms with Crippen LogP contribution in [-0.2, 0) is 11.2 Å². The highest BCUT2D eigenvalue weighted by Gasteiger charge is 2.08. The number of hydrogen-bond acceptors (Lipinski definition) is 3. The molecule has 0 saturated carbocycles. The van der Waals surface area contributed by atoms with E-state index < -0.39 is 5.97 Å². The van der Waals surface area contributed by atoms with Gasteiger partial charge in [-0.25, -0.2) is 4.79 Å². The highest BCUT2D eigenvalue weighted by molar-refractivity contribution is 7.99. The SMILES string of the molecule is CSC(C)CCNC(=O)Nc1ccccc1CCC(=O)O. The lowest BCUT2D eigenvalue weighted by Gasteiger charge is -2.12. The third kappa shape index (κ3) is 7.04. The molecule has 1 aromatic carbocycles. The predicted octanol–water partition coefficient (Wildman–Crippen LogP) is 2.97. The number of hydrogen-bond donors (Lipinski definition) is 3. The van der Waals surface area contributed by atoms with Crippen molar-refractivity contribution >= 4 is 29.4 Å². The van der Waals surface area contributed by atoms with Crippen LogP contribution < -0.4 is 10.6 Å². The van der Waals surface area contributed by atoms with Crippen LogP contribution >= 0.6 is 11.8 Å². The van der Waals surface area contributed by atoms with Gasteiger partial charge in [0.25, 0.3) is 0 Å². The average molecular weight is 310 g/mol. The van der Waals surface area contributed by atoms with Crippen molar-refractivity contribution < 1.29 is 14.7 Å². The molecule has 21 heavy (non-hydrogen) atoms. The minimum Gasteiger partial charge on any atom is -0.481 e. The standard InChI is InChI=1S/C15H22N2O3S/c1-11(21-2)9-10-16-15(20)17-13-6-4-3-5-12(13)7-8-14(18)19/h3-6,11H,7-10H2,1-2H3,(H,18,19)(H2,16,17,20). The maximum Gasteiger partial charge on any atom is 0.319 e. The van der Waals surface area contributed by atoms with Gasteiger partial charge in [0.2, 0.25) is 0 Å². The van der Waals surface area contributed by atoms with Crippen molar-refractivity contribution in [3.05, 3.63) is 29.8 Å². The number of carbonyl (C=O) groups excluding carboxylic acids is 1. The summed E-state index contributed by atoms with van der Waals surface area (Å²) in [5.41, 5.74) is 1.49. The molecule has 0 aliphatic heterocycles. The molecule has 0 bridgehead atoms. The largest absolute Gasteiger partial charge is 0.481 e. The van der Waals surface area contributed by atoms with Gasteiger partial charge >= 0.3 is 12.0 Å². The zero-order valence-corrected chi connectivity index (χ0v) is 13.2. The van der Waals surface area contributed by atoms with Crippen molar-refractivity contribution in [3.8, 4) is 0 Å².